The maximum absolute atomic E-state index is 12.3. The molecule has 0 atom stereocenters. The summed E-state index contributed by atoms with van der Waals surface area (Å²) in [5, 5.41) is 25.2. The van der Waals surface area contributed by atoms with Crippen LogP contribution in [-0.2, 0) is 19.2 Å². The molecular weight excluding hydrogens is 1740 g/mol. The number of rotatable bonds is 25. The maximum Gasteiger partial charge on any atom is 0.336 e. The topological polar surface area (TPSA) is 253 Å². The number of para-hydroxylation sites is 4. The van der Waals surface area contributed by atoms with Crippen molar-refractivity contribution in [2.24, 2.45) is 23.7 Å². The number of nitrogens with zero attached hydrogens (tertiary/aromatic N) is 5. The van der Waals surface area contributed by atoms with Gasteiger partial charge in [0.15, 0.2) is 47.7 Å². The van der Waals surface area contributed by atoms with Gasteiger partial charge >= 0.3 is 5.82 Å². The van der Waals surface area contributed by atoms with Crippen LogP contribution < -0.4 is 34.0 Å². The predicted octanol–water partition coefficient (Wildman–Crippen LogP) is 25.3. The van der Waals surface area contributed by atoms with Gasteiger partial charge < -0.3 is 66.7 Å². The number of fused-ring (bicyclic) bond motifs is 8. The number of nitrogens with two attached hydrogens (primary N) is 1. The molecule has 132 heavy (non-hydrogen) atoms. The van der Waals surface area contributed by atoms with E-state index in [1.54, 1.807) is 47.6 Å². The van der Waals surface area contributed by atoms with Crippen LogP contribution in [0.1, 0.15) is 103 Å². The largest absolute Gasteiger partial charge is 0.619 e. The molecular formula is C105H93B4Cl4N6O13+. The van der Waals surface area contributed by atoms with Crippen molar-refractivity contribution in [1.82, 2.24) is 15.0 Å². The number of aromatic nitrogens is 5. The van der Waals surface area contributed by atoms with Crippen molar-refractivity contribution in [3.05, 3.63) is 263 Å². The second-order valence-corrected chi connectivity index (χ2v) is 36.3. The van der Waals surface area contributed by atoms with Crippen molar-refractivity contribution in [2.75, 3.05) is 5.73 Å². The van der Waals surface area contributed by atoms with Crippen molar-refractivity contribution in [3.8, 4) is 74.1 Å². The first-order valence-corrected chi connectivity index (χ1v) is 46.7. The molecule has 9 aromatic heterocycles. The highest BCUT2D eigenvalue weighted by atomic mass is 35.5. The van der Waals surface area contributed by atoms with Gasteiger partial charge in [0.1, 0.15) is 74.2 Å². The quantitative estimate of drug-likeness (QED) is 0.0241. The molecule has 8 aromatic carbocycles. The van der Waals surface area contributed by atoms with Gasteiger partial charge in [-0.05, 0) is 241 Å². The number of pyridine rings is 5. The van der Waals surface area contributed by atoms with Gasteiger partial charge in [-0.25, -0.2) is 9.55 Å². The minimum absolute atomic E-state index is 0.110. The van der Waals surface area contributed by atoms with Crippen LogP contribution in [0.2, 0.25) is 45.4 Å². The van der Waals surface area contributed by atoms with E-state index in [0.717, 1.165) is 279 Å². The molecule has 9 heterocycles. The van der Waals surface area contributed by atoms with Crippen LogP contribution in [0.25, 0.3) is 138 Å². The molecule has 0 spiro atoms. The third-order valence-corrected chi connectivity index (χ3v) is 27.1. The third kappa shape index (κ3) is 21.1. The molecule has 660 valence electrons. The Hall–Kier alpha value is -12.4. The fourth-order valence-electron chi connectivity index (χ4n) is 19.1. The van der Waals surface area contributed by atoms with Crippen molar-refractivity contribution >= 4 is 193 Å². The number of halogens is 4. The zero-order valence-electron chi connectivity index (χ0n) is 72.5. The van der Waals surface area contributed by atoms with Gasteiger partial charge in [0.2, 0.25) is 0 Å². The van der Waals surface area contributed by atoms with E-state index in [-0.39, 0.29) is 24.4 Å². The van der Waals surface area contributed by atoms with Gasteiger partial charge in [-0.15, -0.1) is 0 Å². The average molecular weight is 1830 g/mol. The molecule has 2 N–H and O–H groups in total. The molecule has 17 aromatic rings. The van der Waals surface area contributed by atoms with Crippen LogP contribution in [-0.4, -0.2) is 93.2 Å². The lowest BCUT2D eigenvalue weighted by Crippen LogP contribution is -2.30. The van der Waals surface area contributed by atoms with Gasteiger partial charge in [-0.2, -0.15) is 4.73 Å². The van der Waals surface area contributed by atoms with E-state index in [9.17, 15) is 24.4 Å². The zero-order chi connectivity index (χ0) is 90.6. The van der Waals surface area contributed by atoms with Crippen LogP contribution in [0.5, 0.6) is 23.0 Å². The van der Waals surface area contributed by atoms with Gasteiger partial charge in [0, 0.05) is 83.6 Å². The molecule has 4 fully saturated rings. The smallest absolute Gasteiger partial charge is 0.336 e. The Kier molecular flexibility index (Phi) is 28.7. The van der Waals surface area contributed by atoms with E-state index >= 15 is 0 Å². The molecule has 0 bridgehead atoms. The van der Waals surface area contributed by atoms with Crippen molar-refractivity contribution in [1.29, 1.82) is 0 Å². The summed E-state index contributed by atoms with van der Waals surface area (Å²) < 4.78 is 52.6. The normalized spacial score (nSPS) is 18.4. The van der Waals surface area contributed by atoms with E-state index in [4.69, 9.17) is 93.7 Å². The number of carbonyl (C=O) groups excluding carboxylic acids is 4. The number of benzene rings is 8. The van der Waals surface area contributed by atoms with Crippen LogP contribution >= 0.6 is 46.4 Å². The second kappa shape index (κ2) is 42.0. The minimum Gasteiger partial charge on any atom is -0.619 e. The molecule has 4 saturated carbocycles. The monoisotopic (exact) mass is 1830 g/mol. The minimum atomic E-state index is 0.110. The Morgan fingerprint density at radius 2 is 0.689 bits per heavy atom. The molecule has 4 aliphatic rings. The Bertz CT molecular complexity index is 6870. The Morgan fingerprint density at radius 3 is 1.08 bits per heavy atom. The van der Waals surface area contributed by atoms with Crippen LogP contribution in [0.4, 0.5) is 5.82 Å². The highest BCUT2D eigenvalue weighted by molar-refractivity contribution is 6.67. The highest BCUT2D eigenvalue weighted by Crippen LogP contribution is 2.47. The van der Waals surface area contributed by atoms with E-state index in [0.29, 0.717) is 88.9 Å². The molecule has 0 unspecified atom stereocenters. The number of carbonyl (C=O) groups is 4. The number of hydrogen-bond donors (Lipinski definition) is 1. The summed E-state index contributed by atoms with van der Waals surface area (Å²) in [5.74, 6) is 9.11. The molecule has 27 heteroatoms. The van der Waals surface area contributed by atoms with Crippen LogP contribution in [0.3, 0.4) is 0 Å². The van der Waals surface area contributed by atoms with Gasteiger partial charge in [0.25, 0.3) is 0 Å². The molecule has 19 nitrogen and oxygen atoms in total. The molecule has 0 amide bonds. The second-order valence-electron chi connectivity index (χ2n) is 34.6. The Morgan fingerprint density at radius 1 is 0.356 bits per heavy atom. The summed E-state index contributed by atoms with van der Waals surface area (Å²) in [7, 11) is 6.87. The summed E-state index contributed by atoms with van der Waals surface area (Å²) in [6, 6.07) is 60.9. The number of ether oxygens (including phenoxy) is 4. The van der Waals surface area contributed by atoms with Crippen molar-refractivity contribution < 1.29 is 65.1 Å². The first-order valence-electron chi connectivity index (χ1n) is 45.2. The van der Waals surface area contributed by atoms with E-state index in [1.165, 1.54) is 12.4 Å². The van der Waals surface area contributed by atoms with Gasteiger partial charge in [0.05, 0.1) is 104 Å². The number of nitrogen functional groups attached to an aromatic ring is 1. The highest BCUT2D eigenvalue weighted by Gasteiger charge is 2.31. The van der Waals surface area contributed by atoms with Gasteiger partial charge in [-0.3, -0.25) is 4.98 Å². The zero-order valence-corrected chi connectivity index (χ0v) is 75.6. The average Bonchev–Trinajstić information content (AvgIpc) is 0.820. The Labute approximate surface area is 786 Å². The van der Waals surface area contributed by atoms with E-state index in [2.05, 4.69) is 16.0 Å². The summed E-state index contributed by atoms with van der Waals surface area (Å²) >= 11 is 26.8. The summed E-state index contributed by atoms with van der Waals surface area (Å²) in [6.07, 6.45) is 37.7. The first kappa shape index (κ1) is 90.2. The summed E-state index contributed by atoms with van der Waals surface area (Å²) in [5.41, 5.74) is 12.7. The Balaban J connectivity index is 0.000000118. The maximum atomic E-state index is 12.3. The molecule has 4 radical (unpaired) electrons. The third-order valence-electron chi connectivity index (χ3n) is 25.9. The lowest BCUT2D eigenvalue weighted by Gasteiger charge is -2.29. The van der Waals surface area contributed by atoms with E-state index in [1.807, 2.05) is 205 Å². The lowest BCUT2D eigenvalue weighted by atomic mass is 9.67. The fraction of sp³-hybridized carbons (Fsp3) is 0.267. The lowest BCUT2D eigenvalue weighted by molar-refractivity contribution is -0.603. The molecule has 0 saturated heterocycles. The van der Waals surface area contributed by atoms with E-state index < -0.39 is 0 Å². The summed E-state index contributed by atoms with van der Waals surface area (Å²) in [4.78, 5) is 56.0. The van der Waals surface area contributed by atoms with Gasteiger partial charge in [-0.1, -0.05) is 151 Å². The van der Waals surface area contributed by atoms with Crippen LogP contribution in [0, 0.1) is 28.9 Å². The van der Waals surface area contributed by atoms with Crippen LogP contribution in [0.15, 0.2) is 255 Å². The molecule has 21 rings (SSSR count). The number of furan rings is 4. The van der Waals surface area contributed by atoms with Crippen molar-refractivity contribution in [2.45, 2.75) is 152 Å². The molecule has 0 aliphatic heterocycles. The predicted molar refractivity (Wildman–Crippen MR) is 530 cm³/mol. The standard InChI is InChI=1S/C30H26BClN2O3.C25H23BClN2O3.C25H22BClNO4.C25H22BClNO3/c32-26-16-23(36-22-10-8-20(9-11-22)17-31-19-35)15-24-25(28-14-21-6-2-3-7-27(21)37-28)18-33-30(29(24)26)34-12-4-1-5-13-34;27-21-11-18(31-17-7-5-15(6-8-17)12-26-14-30)10-19-20(13-29-25(28)24(19)21)23-9-16-3-1-2-4-22(16)32-23;27-23-11-19(31-18-7-5-16(6-8-18)12-26-15-29)10-20-21(23)13-28(30)14-22(20)25-9-17-3-1-2-4-24(17)32-25;27-23-11-19(30-18-7-5-16(6-8-18)12-26-15-29)10-20-21(23)13-28-14-22(20)25-9-17-3-1-2-4-24(17)31-25/h1-7,12-16,18-20,22H,8-11,17H2;1-4,9-11,13-15,17H,5-8,12H2,(H2,28,29);1-4,9-11,13-16,18H,5-8,12H2;1-4,9-11,13-16,18H,5-8,12H2/q+1;;;. The summed E-state index contributed by atoms with van der Waals surface area (Å²) in [6.45, 7) is 0. The van der Waals surface area contributed by atoms with Crippen molar-refractivity contribution in [3.63, 3.8) is 0 Å². The molecule has 4 aliphatic carbocycles. The number of hydrogen-bond acceptors (Lipinski definition) is 17. The first-order chi connectivity index (χ1) is 64.6. The fourth-order valence-corrected chi connectivity index (χ4v) is 20.2. The SMILES string of the molecule is Nc1ncc(-c2cc3ccccc3o2)c2cc(OC3CCC(C[B]C=O)CC3)cc(Cl)c12.O=C[B]CC1CCC(Oc2cc(Cl)c3c(-[n+]4ccccc4)ncc(-c4cc5ccccc5o4)c3c2)CC1.O=C[B]CC1CCC(Oc2cc(Cl)c3c[n+]([O-])cc(-c4cc5ccccc5o4)c3c2)CC1.O=C[B]CC1CCC(Oc2cc(Cl)c3cncc(-c4cc5ccccc5o4)c3c2)CC1. The number of anilines is 1.